The molecule has 2 amide bonds. The van der Waals surface area contributed by atoms with Crippen LogP contribution in [0.5, 0.6) is 0 Å². The number of rotatable bonds is 3. The molecule has 12 heavy (non-hydrogen) atoms. The number of nitrogens with two attached hydrogens (primary N) is 1. The highest BCUT2D eigenvalue weighted by Gasteiger charge is 1.98. The molecular weight excluding hydrogens is 154 g/mol. The summed E-state index contributed by atoms with van der Waals surface area (Å²) in [5.74, 6) is 0. The predicted molar refractivity (Wildman–Crippen MR) is 44.3 cm³/mol. The first-order valence-electron chi connectivity index (χ1n) is 3.78. The topological polar surface area (TPSA) is 69.3 Å². The molecule has 0 aliphatic carbocycles. The van der Waals surface area contributed by atoms with Crippen molar-refractivity contribution in [2.45, 2.75) is 6.42 Å². The number of pyridine rings is 1. The van der Waals surface area contributed by atoms with Gasteiger partial charge in [0.1, 0.15) is 0 Å². The highest BCUT2D eigenvalue weighted by Crippen LogP contribution is 1.87. The van der Waals surface area contributed by atoms with Crippen molar-refractivity contribution in [1.82, 2.24) is 5.32 Å². The number of carbonyl (C=O) groups excluding carboxylic acids is 1. The van der Waals surface area contributed by atoms with E-state index >= 15 is 0 Å². The summed E-state index contributed by atoms with van der Waals surface area (Å²) in [6.45, 7) is 0.565. The Bertz CT molecular complexity index is 248. The standard InChI is InChI=1S/C8H11N3O/c9-8(12)11-6-4-7-3-1-2-5-10-7/h1-3,5H,4,6H2,(H3,9,11,12)/p+1. The van der Waals surface area contributed by atoms with Gasteiger partial charge >= 0.3 is 6.03 Å². The van der Waals surface area contributed by atoms with E-state index in [1.54, 1.807) is 0 Å². The molecule has 0 saturated carbocycles. The second-order valence-corrected chi connectivity index (χ2v) is 2.43. The fourth-order valence-corrected chi connectivity index (χ4v) is 0.906. The molecule has 0 unspecified atom stereocenters. The molecule has 0 aliphatic heterocycles. The zero-order chi connectivity index (χ0) is 8.81. The summed E-state index contributed by atoms with van der Waals surface area (Å²) in [5.41, 5.74) is 5.97. The SMILES string of the molecule is NC(=O)NCCc1cccc[nH+]1. The van der Waals surface area contributed by atoms with Gasteiger partial charge in [0, 0.05) is 25.1 Å². The number of hydrogen-bond acceptors (Lipinski definition) is 1. The summed E-state index contributed by atoms with van der Waals surface area (Å²) in [6.07, 6.45) is 2.61. The van der Waals surface area contributed by atoms with Gasteiger partial charge in [0.15, 0.2) is 11.9 Å². The van der Waals surface area contributed by atoms with Gasteiger partial charge in [0.05, 0.1) is 0 Å². The molecule has 1 aromatic rings. The first-order chi connectivity index (χ1) is 5.79. The van der Waals surface area contributed by atoms with Gasteiger partial charge in [-0.1, -0.05) is 6.07 Å². The van der Waals surface area contributed by atoms with Crippen LogP contribution in [-0.4, -0.2) is 12.6 Å². The first kappa shape index (κ1) is 8.52. The van der Waals surface area contributed by atoms with Gasteiger partial charge in [0.2, 0.25) is 0 Å². The Balaban J connectivity index is 2.29. The molecule has 64 valence electrons. The summed E-state index contributed by atoms with van der Waals surface area (Å²) >= 11 is 0. The maximum Gasteiger partial charge on any atom is 0.312 e. The van der Waals surface area contributed by atoms with Gasteiger partial charge in [-0.15, -0.1) is 0 Å². The third-order valence-corrected chi connectivity index (χ3v) is 1.47. The third kappa shape index (κ3) is 3.01. The van der Waals surface area contributed by atoms with Gasteiger partial charge in [-0.05, 0) is 0 Å². The van der Waals surface area contributed by atoms with Crippen LogP contribution >= 0.6 is 0 Å². The molecule has 4 heteroatoms. The van der Waals surface area contributed by atoms with Crippen molar-refractivity contribution in [2.24, 2.45) is 5.73 Å². The van der Waals surface area contributed by atoms with Gasteiger partial charge in [0.25, 0.3) is 0 Å². The van der Waals surface area contributed by atoms with E-state index in [0.717, 1.165) is 12.1 Å². The minimum absolute atomic E-state index is 0.481. The van der Waals surface area contributed by atoms with E-state index in [9.17, 15) is 4.79 Å². The Morgan fingerprint density at radius 1 is 1.58 bits per heavy atom. The molecule has 0 fully saturated rings. The van der Waals surface area contributed by atoms with E-state index in [0.29, 0.717) is 6.54 Å². The van der Waals surface area contributed by atoms with Crippen molar-refractivity contribution in [1.29, 1.82) is 0 Å². The molecule has 1 heterocycles. The monoisotopic (exact) mass is 166 g/mol. The molecule has 0 aromatic carbocycles. The van der Waals surface area contributed by atoms with Crippen LogP contribution in [0.2, 0.25) is 0 Å². The van der Waals surface area contributed by atoms with Crippen molar-refractivity contribution in [3.63, 3.8) is 0 Å². The van der Waals surface area contributed by atoms with Gasteiger partial charge in [-0.25, -0.2) is 9.78 Å². The van der Waals surface area contributed by atoms with Gasteiger partial charge in [-0.2, -0.15) is 0 Å². The number of urea groups is 1. The Kier molecular flexibility index (Phi) is 3.07. The Labute approximate surface area is 70.8 Å². The van der Waals surface area contributed by atoms with Crippen molar-refractivity contribution < 1.29 is 9.78 Å². The molecule has 0 spiro atoms. The molecule has 1 rings (SSSR count). The van der Waals surface area contributed by atoms with Crippen LogP contribution in [-0.2, 0) is 6.42 Å². The number of H-pyrrole nitrogens is 1. The van der Waals surface area contributed by atoms with E-state index in [4.69, 9.17) is 5.73 Å². The van der Waals surface area contributed by atoms with Crippen molar-refractivity contribution >= 4 is 6.03 Å². The smallest absolute Gasteiger partial charge is 0.312 e. The second kappa shape index (κ2) is 4.33. The zero-order valence-electron chi connectivity index (χ0n) is 6.71. The van der Waals surface area contributed by atoms with Crippen molar-refractivity contribution in [2.75, 3.05) is 6.54 Å². The lowest BCUT2D eigenvalue weighted by Crippen LogP contribution is -2.31. The number of aromatic amines is 1. The van der Waals surface area contributed by atoms with Crippen LogP contribution in [0.4, 0.5) is 4.79 Å². The van der Waals surface area contributed by atoms with Crippen LogP contribution in [0.15, 0.2) is 24.4 Å². The Morgan fingerprint density at radius 2 is 2.42 bits per heavy atom. The summed E-state index contributed by atoms with van der Waals surface area (Å²) in [5, 5.41) is 2.51. The van der Waals surface area contributed by atoms with E-state index < -0.39 is 6.03 Å². The number of amides is 2. The minimum atomic E-state index is -0.481. The summed E-state index contributed by atoms with van der Waals surface area (Å²) < 4.78 is 0. The van der Waals surface area contributed by atoms with Crippen LogP contribution in [0.3, 0.4) is 0 Å². The minimum Gasteiger partial charge on any atom is -0.352 e. The summed E-state index contributed by atoms with van der Waals surface area (Å²) in [4.78, 5) is 13.3. The molecule has 0 atom stereocenters. The number of nitrogens with one attached hydrogen (secondary N) is 2. The lowest BCUT2D eigenvalue weighted by Gasteiger charge is -1.96. The second-order valence-electron chi connectivity index (χ2n) is 2.43. The lowest BCUT2D eigenvalue weighted by molar-refractivity contribution is -0.390. The third-order valence-electron chi connectivity index (χ3n) is 1.47. The fraction of sp³-hybridized carbons (Fsp3) is 0.250. The largest absolute Gasteiger partial charge is 0.352 e. The highest BCUT2D eigenvalue weighted by atomic mass is 16.2. The molecule has 4 N–H and O–H groups in total. The predicted octanol–water partition coefficient (Wildman–Crippen LogP) is -0.289. The van der Waals surface area contributed by atoms with Crippen LogP contribution in [0.1, 0.15) is 5.69 Å². The Morgan fingerprint density at radius 3 is 3.00 bits per heavy atom. The Hall–Kier alpha value is -1.58. The van der Waals surface area contributed by atoms with Gasteiger partial charge < -0.3 is 11.1 Å². The maximum atomic E-state index is 10.3. The normalized spacial score (nSPS) is 9.33. The number of hydrogen-bond donors (Lipinski definition) is 2. The molecule has 1 aromatic heterocycles. The van der Waals surface area contributed by atoms with Crippen LogP contribution in [0.25, 0.3) is 0 Å². The molecule has 0 bridgehead atoms. The van der Waals surface area contributed by atoms with Crippen molar-refractivity contribution in [3.8, 4) is 0 Å². The van der Waals surface area contributed by atoms with E-state index in [1.807, 2.05) is 24.4 Å². The molecular formula is C8H12N3O+. The number of aromatic nitrogens is 1. The molecule has 4 nitrogen and oxygen atoms in total. The summed E-state index contributed by atoms with van der Waals surface area (Å²) in [6, 6.07) is 5.33. The molecule has 0 radical (unpaired) electrons. The van der Waals surface area contributed by atoms with Crippen LogP contribution in [0, 0.1) is 0 Å². The molecule has 0 aliphatic rings. The fourth-order valence-electron chi connectivity index (χ4n) is 0.906. The van der Waals surface area contributed by atoms with Crippen molar-refractivity contribution in [3.05, 3.63) is 30.1 Å². The number of carbonyl (C=O) groups is 1. The summed E-state index contributed by atoms with van der Waals surface area (Å²) in [7, 11) is 0. The van der Waals surface area contributed by atoms with E-state index in [-0.39, 0.29) is 0 Å². The lowest BCUT2D eigenvalue weighted by atomic mass is 10.3. The van der Waals surface area contributed by atoms with Crippen LogP contribution < -0.4 is 16.0 Å². The quantitative estimate of drug-likeness (QED) is 0.636. The zero-order valence-corrected chi connectivity index (χ0v) is 6.71. The van der Waals surface area contributed by atoms with Gasteiger partial charge in [-0.3, -0.25) is 0 Å². The average molecular weight is 166 g/mol. The molecule has 0 saturated heterocycles. The average Bonchev–Trinajstić information content (AvgIpc) is 2.05. The number of primary amides is 1. The highest BCUT2D eigenvalue weighted by molar-refractivity contribution is 5.71. The maximum absolute atomic E-state index is 10.3. The first-order valence-corrected chi connectivity index (χ1v) is 3.78. The van der Waals surface area contributed by atoms with E-state index in [1.165, 1.54) is 0 Å². The van der Waals surface area contributed by atoms with E-state index in [2.05, 4.69) is 10.3 Å².